The van der Waals surface area contributed by atoms with E-state index in [-0.39, 0.29) is 5.91 Å². The minimum Gasteiger partial charge on any atom is -0.346 e. The standard InChI is InChI=1S/C25H34N6O/c1-2-4-19-14-20(30-29-19)15-23(32)31-12-7-18(5-3-8-25(16-31)9-10-25)13-22-21-6-11-26-24(21)28-17-27-22/h6,11,14,17-18H,2-5,7-10,12-13,15-16H2,1H3,(H,29,30)(H,26,27,28). The van der Waals surface area contributed by atoms with Crippen LogP contribution in [0.3, 0.4) is 0 Å². The zero-order valence-corrected chi connectivity index (χ0v) is 19.1. The first kappa shape index (κ1) is 21.2. The summed E-state index contributed by atoms with van der Waals surface area (Å²) in [5.41, 5.74) is 4.40. The van der Waals surface area contributed by atoms with Crippen LogP contribution in [0.25, 0.3) is 11.0 Å². The Morgan fingerprint density at radius 3 is 3.00 bits per heavy atom. The van der Waals surface area contributed by atoms with Crippen LogP contribution in [0.2, 0.25) is 0 Å². The van der Waals surface area contributed by atoms with Gasteiger partial charge in [-0.2, -0.15) is 5.10 Å². The molecule has 1 aliphatic carbocycles. The van der Waals surface area contributed by atoms with Crippen molar-refractivity contribution in [1.29, 1.82) is 0 Å². The van der Waals surface area contributed by atoms with Gasteiger partial charge in [-0.05, 0) is 68.4 Å². The molecule has 4 heterocycles. The van der Waals surface area contributed by atoms with Crippen LogP contribution in [0.5, 0.6) is 0 Å². The maximum atomic E-state index is 13.3. The van der Waals surface area contributed by atoms with Crippen LogP contribution in [0.15, 0.2) is 24.7 Å². The Labute approximate surface area is 189 Å². The first-order valence-corrected chi connectivity index (χ1v) is 12.2. The van der Waals surface area contributed by atoms with E-state index >= 15 is 0 Å². The van der Waals surface area contributed by atoms with Gasteiger partial charge in [-0.3, -0.25) is 9.89 Å². The summed E-state index contributed by atoms with van der Waals surface area (Å²) in [7, 11) is 0. The highest BCUT2D eigenvalue weighted by Crippen LogP contribution is 2.51. The third kappa shape index (κ3) is 4.71. The summed E-state index contributed by atoms with van der Waals surface area (Å²) >= 11 is 0. The van der Waals surface area contributed by atoms with Crippen molar-refractivity contribution >= 4 is 16.9 Å². The Kier molecular flexibility index (Phi) is 5.98. The van der Waals surface area contributed by atoms with Crippen molar-refractivity contribution in [3.63, 3.8) is 0 Å². The van der Waals surface area contributed by atoms with Crippen LogP contribution in [0.4, 0.5) is 0 Å². The maximum Gasteiger partial charge on any atom is 0.228 e. The van der Waals surface area contributed by atoms with E-state index in [0.29, 0.717) is 17.8 Å². The lowest BCUT2D eigenvalue weighted by molar-refractivity contribution is -0.131. The number of hydrogen-bond acceptors (Lipinski definition) is 4. The summed E-state index contributed by atoms with van der Waals surface area (Å²) in [6.07, 6.45) is 14.2. The Morgan fingerprint density at radius 1 is 1.25 bits per heavy atom. The second-order valence-electron chi connectivity index (χ2n) is 9.94. The summed E-state index contributed by atoms with van der Waals surface area (Å²) in [6.45, 7) is 3.91. The number of aromatic amines is 2. The van der Waals surface area contributed by atoms with Gasteiger partial charge in [0.05, 0.1) is 17.8 Å². The fourth-order valence-electron chi connectivity index (χ4n) is 5.33. The number of amides is 1. The molecule has 5 rings (SSSR count). The molecule has 1 amide bonds. The van der Waals surface area contributed by atoms with Crippen LogP contribution >= 0.6 is 0 Å². The van der Waals surface area contributed by atoms with Crippen molar-refractivity contribution in [2.75, 3.05) is 13.1 Å². The fourth-order valence-corrected chi connectivity index (χ4v) is 5.33. The van der Waals surface area contributed by atoms with Gasteiger partial charge in [-0.1, -0.05) is 19.8 Å². The van der Waals surface area contributed by atoms with E-state index in [1.54, 1.807) is 6.33 Å². The van der Waals surface area contributed by atoms with Gasteiger partial charge in [0.25, 0.3) is 0 Å². The predicted molar refractivity (Wildman–Crippen MR) is 124 cm³/mol. The SMILES string of the molecule is CCCc1cc(CC(=O)N2CCC(Cc3ncnc4[nH]ccc34)CCCC3(CC3)C2)[nH]n1. The zero-order chi connectivity index (χ0) is 22.0. The van der Waals surface area contributed by atoms with Gasteiger partial charge in [-0.25, -0.2) is 9.97 Å². The molecule has 0 radical (unpaired) electrons. The number of rotatable bonds is 6. The van der Waals surface area contributed by atoms with Crippen LogP contribution in [0.1, 0.15) is 69.0 Å². The van der Waals surface area contributed by atoms with Crippen LogP contribution < -0.4 is 0 Å². The van der Waals surface area contributed by atoms with Gasteiger partial charge in [-0.15, -0.1) is 0 Å². The van der Waals surface area contributed by atoms with Gasteiger partial charge in [0, 0.05) is 30.4 Å². The summed E-state index contributed by atoms with van der Waals surface area (Å²) in [5, 5.41) is 8.57. The lowest BCUT2D eigenvalue weighted by Gasteiger charge is -2.27. The van der Waals surface area contributed by atoms with E-state index in [0.717, 1.165) is 66.9 Å². The highest BCUT2D eigenvalue weighted by atomic mass is 16.2. The highest BCUT2D eigenvalue weighted by Gasteiger charge is 2.44. The molecule has 2 fully saturated rings. The summed E-state index contributed by atoms with van der Waals surface area (Å²) in [6, 6.07) is 4.14. The van der Waals surface area contributed by atoms with Crippen LogP contribution in [-0.2, 0) is 24.1 Å². The van der Waals surface area contributed by atoms with Crippen molar-refractivity contribution in [2.45, 2.75) is 71.1 Å². The molecule has 1 saturated heterocycles. The van der Waals surface area contributed by atoms with E-state index in [2.05, 4.69) is 49.1 Å². The lowest BCUT2D eigenvalue weighted by atomic mass is 9.90. The second-order valence-corrected chi connectivity index (χ2v) is 9.94. The van der Waals surface area contributed by atoms with E-state index < -0.39 is 0 Å². The fraction of sp³-hybridized carbons (Fsp3) is 0.600. The number of fused-ring (bicyclic) bond motifs is 1. The summed E-state index contributed by atoms with van der Waals surface area (Å²) < 4.78 is 0. The number of carbonyl (C=O) groups is 1. The quantitative estimate of drug-likeness (QED) is 0.608. The molecule has 1 atom stereocenters. The first-order valence-electron chi connectivity index (χ1n) is 12.2. The average Bonchev–Trinajstić information content (AvgIpc) is 3.14. The largest absolute Gasteiger partial charge is 0.346 e. The molecule has 2 N–H and O–H groups in total. The third-order valence-electron chi connectivity index (χ3n) is 7.41. The molecule has 2 aliphatic rings. The topological polar surface area (TPSA) is 90.6 Å². The van der Waals surface area contributed by atoms with Crippen molar-refractivity contribution in [3.05, 3.63) is 41.7 Å². The molecule has 3 aromatic heterocycles. The Morgan fingerprint density at radius 2 is 2.16 bits per heavy atom. The second kappa shape index (κ2) is 9.04. The van der Waals surface area contributed by atoms with Gasteiger partial charge in [0.1, 0.15) is 12.0 Å². The first-order chi connectivity index (χ1) is 15.6. The summed E-state index contributed by atoms with van der Waals surface area (Å²) in [4.78, 5) is 27.6. The number of carbonyl (C=O) groups excluding carboxylic acids is 1. The van der Waals surface area contributed by atoms with Crippen LogP contribution in [-0.4, -0.2) is 49.0 Å². The smallest absolute Gasteiger partial charge is 0.228 e. The summed E-state index contributed by atoms with van der Waals surface area (Å²) in [5.74, 6) is 0.772. The molecule has 0 bridgehead atoms. The molecular weight excluding hydrogens is 400 g/mol. The maximum absolute atomic E-state index is 13.3. The molecule has 0 aromatic carbocycles. The van der Waals surface area contributed by atoms with Crippen LogP contribution in [0, 0.1) is 11.3 Å². The van der Waals surface area contributed by atoms with E-state index in [1.165, 1.54) is 32.1 Å². The van der Waals surface area contributed by atoms with E-state index in [9.17, 15) is 4.79 Å². The number of nitrogens with zero attached hydrogens (tertiary/aromatic N) is 4. The Balaban J connectivity index is 1.28. The molecule has 3 aromatic rings. The number of aryl methyl sites for hydroxylation is 1. The van der Waals surface area contributed by atoms with E-state index in [1.807, 2.05) is 6.20 Å². The van der Waals surface area contributed by atoms with Crippen molar-refractivity contribution in [2.24, 2.45) is 11.3 Å². The molecule has 1 unspecified atom stereocenters. The number of hydrogen-bond donors (Lipinski definition) is 2. The van der Waals surface area contributed by atoms with Gasteiger partial charge in [0.15, 0.2) is 0 Å². The minimum atomic E-state index is 0.235. The molecule has 170 valence electrons. The number of aromatic nitrogens is 5. The van der Waals surface area contributed by atoms with E-state index in [4.69, 9.17) is 0 Å². The van der Waals surface area contributed by atoms with Gasteiger partial charge in [0.2, 0.25) is 5.91 Å². The average molecular weight is 435 g/mol. The molecule has 7 heteroatoms. The van der Waals surface area contributed by atoms with Crippen molar-refractivity contribution in [3.8, 4) is 0 Å². The number of nitrogens with one attached hydrogen (secondary N) is 2. The Bertz CT molecular complexity index is 1070. The molecule has 7 nitrogen and oxygen atoms in total. The highest BCUT2D eigenvalue weighted by molar-refractivity contribution is 5.78. The monoisotopic (exact) mass is 434 g/mol. The predicted octanol–water partition coefficient (Wildman–Crippen LogP) is 4.22. The zero-order valence-electron chi connectivity index (χ0n) is 19.1. The van der Waals surface area contributed by atoms with Crippen molar-refractivity contribution in [1.82, 2.24) is 30.0 Å². The molecule has 32 heavy (non-hydrogen) atoms. The molecule has 1 saturated carbocycles. The Hall–Kier alpha value is -2.70. The molecular formula is C25H34N6O. The lowest BCUT2D eigenvalue weighted by Crippen LogP contribution is -2.38. The minimum absolute atomic E-state index is 0.235. The molecule has 1 spiro atoms. The number of H-pyrrole nitrogens is 2. The molecule has 1 aliphatic heterocycles. The van der Waals surface area contributed by atoms with Crippen molar-refractivity contribution < 1.29 is 4.79 Å². The normalized spacial score (nSPS) is 20.8. The third-order valence-corrected chi connectivity index (χ3v) is 7.41. The van der Waals surface area contributed by atoms with Gasteiger partial charge < -0.3 is 9.88 Å². The van der Waals surface area contributed by atoms with Gasteiger partial charge >= 0.3 is 0 Å².